The van der Waals surface area contributed by atoms with E-state index in [9.17, 15) is 18.8 Å². The summed E-state index contributed by atoms with van der Waals surface area (Å²) in [5, 5.41) is 3.69. The summed E-state index contributed by atoms with van der Waals surface area (Å²) < 4.78 is 22.3. The Kier molecular flexibility index (Phi) is 6.34. The maximum Gasteiger partial charge on any atom is 0.265 e. The molecule has 4 heterocycles. The lowest BCUT2D eigenvalue weighted by molar-refractivity contribution is -0.144. The number of benzene rings is 1. The number of fused-ring (bicyclic) bond motifs is 3. The normalized spacial score (nSPS) is 14.5. The Morgan fingerprint density at radius 3 is 2.68 bits per heavy atom. The fourth-order valence-corrected chi connectivity index (χ4v) is 4.89. The molecule has 0 unspecified atom stereocenters. The third kappa shape index (κ3) is 4.47. The number of rotatable bonds is 6. The minimum absolute atomic E-state index is 0.0537. The number of imidazole rings is 1. The lowest BCUT2D eigenvalue weighted by Gasteiger charge is -2.42. The van der Waals surface area contributed by atoms with Gasteiger partial charge in [-0.2, -0.15) is 0 Å². The second kappa shape index (κ2) is 9.39. The van der Waals surface area contributed by atoms with Crippen LogP contribution in [0.2, 0.25) is 5.02 Å². The number of likely N-dealkylation sites (tertiary alicyclic amines) is 1. The number of hydrogen-bond donors (Lipinski definition) is 1. The summed E-state index contributed by atoms with van der Waals surface area (Å²) in [6.45, 7) is 2.87. The Morgan fingerprint density at radius 1 is 1.26 bits per heavy atom. The number of aromatic nitrogens is 4. The number of nitrogens with one attached hydrogen (secondary N) is 1. The van der Waals surface area contributed by atoms with Crippen LogP contribution in [0.3, 0.4) is 0 Å². The smallest absolute Gasteiger partial charge is 0.265 e. The van der Waals surface area contributed by atoms with E-state index in [-0.39, 0.29) is 37.4 Å². The number of carbonyl (C=O) groups is 2. The molecule has 198 valence electrons. The number of aryl methyl sites for hydroxylation is 2. The molecule has 12 heteroatoms. The second-order valence-corrected chi connectivity index (χ2v) is 10.1. The van der Waals surface area contributed by atoms with Crippen LogP contribution in [0.4, 0.5) is 4.39 Å². The van der Waals surface area contributed by atoms with E-state index in [1.807, 2.05) is 18.5 Å². The maximum atomic E-state index is 14.0. The number of carbonyl (C=O) groups excluding carboxylic acids is 2. The molecule has 1 aliphatic heterocycles. The molecule has 1 N–H and O–H groups in total. The van der Waals surface area contributed by atoms with Crippen molar-refractivity contribution in [2.45, 2.75) is 32.6 Å². The fourth-order valence-electron chi connectivity index (χ4n) is 4.70. The standard InChI is InChI=1S/C26H26ClFN6O4/c1-14-31-19-10-29-23-16(22(19)32(14)3)8-17(24(36)30-9-15-5-6-18(27)20(7-15)38-4)25(37)34(23)11-21(35)33-12-26(2,28)13-33/h5-8,10H,9,11-13H2,1-4H3,(H,30,36). The summed E-state index contributed by atoms with van der Waals surface area (Å²) in [6, 6.07) is 6.56. The quantitative estimate of drug-likeness (QED) is 0.402. The molecule has 1 fully saturated rings. The van der Waals surface area contributed by atoms with Crippen LogP contribution in [0.5, 0.6) is 5.75 Å². The molecule has 0 saturated carbocycles. The number of amides is 2. The molecule has 0 bridgehead atoms. The lowest BCUT2D eigenvalue weighted by atomic mass is 9.99. The highest BCUT2D eigenvalue weighted by Crippen LogP contribution is 2.27. The summed E-state index contributed by atoms with van der Waals surface area (Å²) in [6.07, 6.45) is 1.53. The molecule has 5 rings (SSSR count). The van der Waals surface area contributed by atoms with Crippen molar-refractivity contribution in [2.75, 3.05) is 20.2 Å². The van der Waals surface area contributed by atoms with E-state index in [4.69, 9.17) is 16.3 Å². The van der Waals surface area contributed by atoms with Crippen LogP contribution in [0.1, 0.15) is 28.7 Å². The number of halogens is 2. The van der Waals surface area contributed by atoms with Crippen molar-refractivity contribution in [3.05, 3.63) is 62.8 Å². The van der Waals surface area contributed by atoms with Crippen molar-refractivity contribution in [3.8, 4) is 5.75 Å². The third-order valence-electron chi connectivity index (χ3n) is 6.77. The molecule has 2 amide bonds. The molecule has 0 atom stereocenters. The molecular weight excluding hydrogens is 515 g/mol. The molecule has 3 aromatic heterocycles. The SMILES string of the molecule is COc1cc(CNC(=O)c2cc3c4c(cnc3n(CC(=O)N3CC(C)(F)C3)c2=O)nc(C)n4C)ccc1Cl. The number of methoxy groups -OCH3 is 1. The van der Waals surface area contributed by atoms with Gasteiger partial charge in [0.15, 0.2) is 0 Å². The largest absolute Gasteiger partial charge is 0.495 e. The number of alkyl halides is 1. The highest BCUT2D eigenvalue weighted by Gasteiger charge is 2.41. The summed E-state index contributed by atoms with van der Waals surface area (Å²) in [5.74, 6) is 0.120. The molecule has 10 nitrogen and oxygen atoms in total. The van der Waals surface area contributed by atoms with Crippen LogP contribution in [-0.2, 0) is 24.9 Å². The molecule has 0 radical (unpaired) electrons. The molecular formula is C26H26ClFN6O4. The van der Waals surface area contributed by atoms with Gasteiger partial charge in [0.1, 0.15) is 40.5 Å². The van der Waals surface area contributed by atoms with Crippen LogP contribution in [0.15, 0.2) is 35.3 Å². The van der Waals surface area contributed by atoms with Crippen molar-refractivity contribution in [1.29, 1.82) is 0 Å². The molecule has 0 spiro atoms. The second-order valence-electron chi connectivity index (χ2n) is 9.71. The molecule has 1 saturated heterocycles. The number of ether oxygens (including phenoxy) is 1. The van der Waals surface area contributed by atoms with Crippen LogP contribution in [0.25, 0.3) is 22.1 Å². The van der Waals surface area contributed by atoms with E-state index in [1.54, 1.807) is 18.2 Å². The first-order valence-corrected chi connectivity index (χ1v) is 12.3. The Hall–Kier alpha value is -3.99. The van der Waals surface area contributed by atoms with Gasteiger partial charge in [0, 0.05) is 19.0 Å². The van der Waals surface area contributed by atoms with Gasteiger partial charge < -0.3 is 19.5 Å². The van der Waals surface area contributed by atoms with E-state index in [2.05, 4.69) is 15.3 Å². The first-order chi connectivity index (χ1) is 18.0. The van der Waals surface area contributed by atoms with Gasteiger partial charge in [0.25, 0.3) is 11.5 Å². The van der Waals surface area contributed by atoms with Gasteiger partial charge in [-0.3, -0.25) is 19.0 Å². The summed E-state index contributed by atoms with van der Waals surface area (Å²) in [5.41, 5.74) is -0.0684. The average Bonchev–Trinajstić information content (AvgIpc) is 3.16. The van der Waals surface area contributed by atoms with E-state index >= 15 is 0 Å². The van der Waals surface area contributed by atoms with E-state index in [0.29, 0.717) is 38.6 Å². The van der Waals surface area contributed by atoms with Crippen LogP contribution < -0.4 is 15.6 Å². The Labute approximate surface area is 222 Å². The van der Waals surface area contributed by atoms with Crippen molar-refractivity contribution >= 4 is 45.5 Å². The molecule has 4 aromatic rings. The summed E-state index contributed by atoms with van der Waals surface area (Å²) in [7, 11) is 3.31. The Morgan fingerprint density at radius 2 is 2.00 bits per heavy atom. The van der Waals surface area contributed by atoms with Crippen molar-refractivity contribution in [2.24, 2.45) is 7.05 Å². The van der Waals surface area contributed by atoms with Crippen molar-refractivity contribution in [3.63, 3.8) is 0 Å². The lowest BCUT2D eigenvalue weighted by Crippen LogP contribution is -2.60. The fraction of sp³-hybridized carbons (Fsp3) is 0.346. The highest BCUT2D eigenvalue weighted by atomic mass is 35.5. The van der Waals surface area contributed by atoms with Gasteiger partial charge in [0.2, 0.25) is 5.91 Å². The van der Waals surface area contributed by atoms with E-state index in [0.717, 1.165) is 0 Å². The van der Waals surface area contributed by atoms with Gasteiger partial charge >= 0.3 is 0 Å². The minimum atomic E-state index is -1.45. The number of hydrogen-bond acceptors (Lipinski definition) is 6. The molecule has 0 aliphatic carbocycles. The van der Waals surface area contributed by atoms with Crippen molar-refractivity contribution in [1.82, 2.24) is 29.3 Å². The Bertz CT molecular complexity index is 1670. The van der Waals surface area contributed by atoms with Crippen LogP contribution in [-0.4, -0.2) is 61.7 Å². The average molecular weight is 541 g/mol. The predicted molar refractivity (Wildman–Crippen MR) is 140 cm³/mol. The number of pyridine rings is 2. The molecule has 1 aromatic carbocycles. The van der Waals surface area contributed by atoms with Gasteiger partial charge in [-0.05, 0) is 37.6 Å². The topological polar surface area (TPSA) is 111 Å². The zero-order chi connectivity index (χ0) is 27.4. The third-order valence-corrected chi connectivity index (χ3v) is 7.08. The van der Waals surface area contributed by atoms with Gasteiger partial charge in [-0.15, -0.1) is 0 Å². The first kappa shape index (κ1) is 25.7. The van der Waals surface area contributed by atoms with E-state index < -0.39 is 23.0 Å². The summed E-state index contributed by atoms with van der Waals surface area (Å²) in [4.78, 5) is 50.0. The zero-order valence-electron chi connectivity index (χ0n) is 21.3. The Balaban J connectivity index is 1.56. The van der Waals surface area contributed by atoms with E-state index in [1.165, 1.54) is 35.8 Å². The monoisotopic (exact) mass is 540 g/mol. The van der Waals surface area contributed by atoms with Crippen LogP contribution in [0, 0.1) is 6.92 Å². The van der Waals surface area contributed by atoms with Gasteiger partial charge in [0.05, 0.1) is 36.9 Å². The van der Waals surface area contributed by atoms with Crippen molar-refractivity contribution < 1.29 is 18.7 Å². The zero-order valence-corrected chi connectivity index (χ0v) is 22.1. The minimum Gasteiger partial charge on any atom is -0.495 e. The predicted octanol–water partition coefficient (Wildman–Crippen LogP) is 2.75. The van der Waals surface area contributed by atoms with Gasteiger partial charge in [-0.25, -0.2) is 14.4 Å². The van der Waals surface area contributed by atoms with Crippen LogP contribution >= 0.6 is 11.6 Å². The van der Waals surface area contributed by atoms with Gasteiger partial charge in [-0.1, -0.05) is 17.7 Å². The molecule has 38 heavy (non-hydrogen) atoms. The first-order valence-electron chi connectivity index (χ1n) is 11.9. The molecule has 1 aliphatic rings. The summed E-state index contributed by atoms with van der Waals surface area (Å²) >= 11 is 6.08. The maximum absolute atomic E-state index is 14.0. The number of nitrogens with zero attached hydrogens (tertiary/aromatic N) is 5. The highest BCUT2D eigenvalue weighted by molar-refractivity contribution is 6.32.